The van der Waals surface area contributed by atoms with Crippen molar-refractivity contribution in [2.24, 2.45) is 0 Å². The van der Waals surface area contributed by atoms with Crippen LogP contribution >= 0.6 is 0 Å². The van der Waals surface area contributed by atoms with E-state index < -0.39 is 0 Å². The van der Waals surface area contributed by atoms with E-state index in [1.165, 1.54) is 11.1 Å². The Kier molecular flexibility index (Phi) is 5.19. The molecular formula is C18H22O2. The minimum atomic E-state index is 0.109. The lowest BCUT2D eigenvalue weighted by molar-refractivity contribution is 0.262. The summed E-state index contributed by atoms with van der Waals surface area (Å²) in [5.74, 6) is 1.03. The molecule has 0 aromatic heterocycles. The summed E-state index contributed by atoms with van der Waals surface area (Å²) in [6.07, 6.45) is 0.789. The minimum Gasteiger partial charge on any atom is -0.494 e. The summed E-state index contributed by atoms with van der Waals surface area (Å²) < 4.78 is 5.67. The maximum Gasteiger partial charge on any atom is 0.122 e. The van der Waals surface area contributed by atoms with Gasteiger partial charge in [0.2, 0.25) is 0 Å². The molecule has 2 nitrogen and oxygen atoms in total. The topological polar surface area (TPSA) is 29.5 Å². The average molecular weight is 270 g/mol. The molecule has 1 unspecified atom stereocenters. The zero-order valence-corrected chi connectivity index (χ0v) is 12.2. The Balaban J connectivity index is 2.25. The molecule has 0 heterocycles. The lowest BCUT2D eigenvalue weighted by Gasteiger charge is -2.19. The van der Waals surface area contributed by atoms with Crippen molar-refractivity contribution < 1.29 is 9.84 Å². The van der Waals surface area contributed by atoms with Crippen LogP contribution in [0.15, 0.2) is 48.5 Å². The van der Waals surface area contributed by atoms with Crippen molar-refractivity contribution in [2.75, 3.05) is 13.2 Å². The molecule has 0 saturated carbocycles. The van der Waals surface area contributed by atoms with E-state index in [4.69, 9.17) is 4.74 Å². The van der Waals surface area contributed by atoms with Crippen LogP contribution in [-0.4, -0.2) is 18.3 Å². The van der Waals surface area contributed by atoms with E-state index in [0.29, 0.717) is 6.61 Å². The van der Waals surface area contributed by atoms with Crippen LogP contribution in [0.25, 0.3) is 0 Å². The van der Waals surface area contributed by atoms with Crippen molar-refractivity contribution in [1.82, 2.24) is 0 Å². The number of ether oxygens (including phenoxy) is 1. The summed E-state index contributed by atoms with van der Waals surface area (Å²) >= 11 is 0. The molecule has 1 N–H and O–H groups in total. The highest BCUT2D eigenvalue weighted by Crippen LogP contribution is 2.28. The van der Waals surface area contributed by atoms with Gasteiger partial charge in [0.05, 0.1) is 13.2 Å². The Morgan fingerprint density at radius 1 is 1.05 bits per heavy atom. The number of aliphatic hydroxyl groups excluding tert-OH is 1. The van der Waals surface area contributed by atoms with E-state index >= 15 is 0 Å². The lowest BCUT2D eigenvalue weighted by atomic mass is 9.89. The van der Waals surface area contributed by atoms with Crippen molar-refractivity contribution in [3.63, 3.8) is 0 Å². The molecule has 2 aromatic rings. The van der Waals surface area contributed by atoms with Gasteiger partial charge in [-0.25, -0.2) is 0 Å². The highest BCUT2D eigenvalue weighted by Gasteiger charge is 2.15. The maximum absolute atomic E-state index is 9.75. The number of hydrogen-bond donors (Lipinski definition) is 1. The average Bonchev–Trinajstić information content (AvgIpc) is 2.47. The minimum absolute atomic E-state index is 0.109. The standard InChI is InChI=1S/C18H22O2/c1-3-20-18-11-7-5-9-15(18)12-16(13-19)17-10-6-4-8-14(17)2/h4-11,16,19H,3,12-13H2,1-2H3. The molecule has 20 heavy (non-hydrogen) atoms. The Bertz CT molecular complexity index is 549. The van der Waals surface area contributed by atoms with Crippen molar-refractivity contribution >= 4 is 0 Å². The Morgan fingerprint density at radius 3 is 2.45 bits per heavy atom. The Morgan fingerprint density at radius 2 is 1.75 bits per heavy atom. The summed E-state index contributed by atoms with van der Waals surface area (Å²) in [5, 5.41) is 9.75. The van der Waals surface area contributed by atoms with Gasteiger partial charge in [0.1, 0.15) is 5.75 Å². The molecular weight excluding hydrogens is 248 g/mol. The molecule has 0 aliphatic heterocycles. The second kappa shape index (κ2) is 7.11. The van der Waals surface area contributed by atoms with Crippen molar-refractivity contribution in [1.29, 1.82) is 0 Å². The molecule has 0 saturated heterocycles. The molecule has 0 spiro atoms. The molecule has 1 atom stereocenters. The quantitative estimate of drug-likeness (QED) is 0.867. The first-order chi connectivity index (χ1) is 9.76. The second-order valence-corrected chi connectivity index (χ2v) is 4.98. The summed E-state index contributed by atoms with van der Waals surface area (Å²) in [5.41, 5.74) is 3.58. The number of aryl methyl sites for hydroxylation is 1. The van der Waals surface area contributed by atoms with Gasteiger partial charge in [-0.15, -0.1) is 0 Å². The number of para-hydroxylation sites is 1. The number of benzene rings is 2. The van der Waals surface area contributed by atoms with Crippen LogP contribution < -0.4 is 4.74 Å². The number of hydrogen-bond acceptors (Lipinski definition) is 2. The van der Waals surface area contributed by atoms with Crippen LogP contribution in [0.2, 0.25) is 0 Å². The third kappa shape index (κ3) is 3.40. The van der Waals surface area contributed by atoms with Gasteiger partial charge < -0.3 is 9.84 Å². The van der Waals surface area contributed by atoms with E-state index in [1.807, 2.05) is 37.3 Å². The van der Waals surface area contributed by atoms with E-state index in [0.717, 1.165) is 17.7 Å². The SMILES string of the molecule is CCOc1ccccc1CC(CO)c1ccccc1C. The predicted octanol–water partition coefficient (Wildman–Crippen LogP) is 3.71. The summed E-state index contributed by atoms with van der Waals surface area (Å²) in [6.45, 7) is 4.88. The third-order valence-corrected chi connectivity index (χ3v) is 3.59. The first kappa shape index (κ1) is 14.6. The molecule has 2 aromatic carbocycles. The lowest BCUT2D eigenvalue weighted by Crippen LogP contribution is -2.10. The molecule has 0 aliphatic rings. The Labute approximate surface area is 121 Å². The van der Waals surface area contributed by atoms with E-state index in [-0.39, 0.29) is 12.5 Å². The van der Waals surface area contributed by atoms with Crippen LogP contribution in [0, 0.1) is 6.92 Å². The summed E-state index contributed by atoms with van der Waals surface area (Å²) in [6, 6.07) is 16.3. The van der Waals surface area contributed by atoms with Crippen LogP contribution in [0.3, 0.4) is 0 Å². The monoisotopic (exact) mass is 270 g/mol. The van der Waals surface area contributed by atoms with E-state index in [9.17, 15) is 5.11 Å². The normalized spacial score (nSPS) is 12.2. The van der Waals surface area contributed by atoms with Gasteiger partial charge in [-0.1, -0.05) is 42.5 Å². The fourth-order valence-electron chi connectivity index (χ4n) is 2.55. The number of rotatable bonds is 6. The molecule has 0 fully saturated rings. The van der Waals surface area contributed by atoms with E-state index in [2.05, 4.69) is 25.1 Å². The van der Waals surface area contributed by atoms with Crippen LogP contribution in [0.4, 0.5) is 0 Å². The Hall–Kier alpha value is -1.80. The van der Waals surface area contributed by atoms with E-state index in [1.54, 1.807) is 0 Å². The molecule has 2 rings (SSSR count). The molecule has 0 amide bonds. The summed E-state index contributed by atoms with van der Waals surface area (Å²) in [7, 11) is 0. The van der Waals surface area contributed by atoms with Crippen molar-refractivity contribution in [3.8, 4) is 5.75 Å². The van der Waals surface area contributed by atoms with Gasteiger partial charge in [0.25, 0.3) is 0 Å². The highest BCUT2D eigenvalue weighted by atomic mass is 16.5. The first-order valence-electron chi connectivity index (χ1n) is 7.13. The van der Waals surface area contributed by atoms with Crippen LogP contribution in [-0.2, 0) is 6.42 Å². The van der Waals surface area contributed by atoms with Gasteiger partial charge in [-0.3, -0.25) is 0 Å². The van der Waals surface area contributed by atoms with Crippen LogP contribution in [0.1, 0.15) is 29.5 Å². The zero-order valence-electron chi connectivity index (χ0n) is 12.2. The van der Waals surface area contributed by atoms with Crippen LogP contribution in [0.5, 0.6) is 5.75 Å². The smallest absolute Gasteiger partial charge is 0.122 e. The van der Waals surface area contributed by atoms with Gasteiger partial charge in [-0.2, -0.15) is 0 Å². The van der Waals surface area contributed by atoms with Gasteiger partial charge in [0, 0.05) is 5.92 Å². The molecule has 0 radical (unpaired) electrons. The van der Waals surface area contributed by atoms with Gasteiger partial charge in [-0.05, 0) is 43.0 Å². The number of aliphatic hydroxyl groups is 1. The largest absolute Gasteiger partial charge is 0.494 e. The first-order valence-corrected chi connectivity index (χ1v) is 7.13. The van der Waals surface area contributed by atoms with Gasteiger partial charge in [0.15, 0.2) is 0 Å². The fourth-order valence-corrected chi connectivity index (χ4v) is 2.55. The molecule has 106 valence electrons. The third-order valence-electron chi connectivity index (χ3n) is 3.59. The van der Waals surface area contributed by atoms with Gasteiger partial charge >= 0.3 is 0 Å². The fraction of sp³-hybridized carbons (Fsp3) is 0.333. The maximum atomic E-state index is 9.75. The molecule has 2 heteroatoms. The van der Waals surface area contributed by atoms with Crippen molar-refractivity contribution in [2.45, 2.75) is 26.2 Å². The summed E-state index contributed by atoms with van der Waals surface area (Å²) in [4.78, 5) is 0. The zero-order chi connectivity index (χ0) is 14.4. The molecule has 0 aliphatic carbocycles. The predicted molar refractivity (Wildman–Crippen MR) is 82.3 cm³/mol. The second-order valence-electron chi connectivity index (χ2n) is 4.98. The molecule has 0 bridgehead atoms. The highest BCUT2D eigenvalue weighted by molar-refractivity contribution is 5.37. The van der Waals surface area contributed by atoms with Crippen molar-refractivity contribution in [3.05, 3.63) is 65.2 Å².